The Morgan fingerprint density at radius 2 is 2.08 bits per heavy atom. The highest BCUT2D eigenvalue weighted by atomic mass is 32.1. The largest absolute Gasteiger partial charge is 0.326 e. The minimum Gasteiger partial charge on any atom is -0.326 e. The molecule has 0 fully saturated rings. The SMILES string of the molecule is Cc1nc2c(s1)c1cnn(Cc3cccc(CN)c3)c(=O)c1n2C. The van der Waals surface area contributed by atoms with E-state index < -0.39 is 0 Å². The van der Waals surface area contributed by atoms with Crippen LogP contribution in [0.2, 0.25) is 0 Å². The zero-order chi connectivity index (χ0) is 16.8. The van der Waals surface area contributed by atoms with E-state index in [2.05, 4.69) is 10.1 Å². The first-order valence-electron chi connectivity index (χ1n) is 7.68. The molecule has 0 aliphatic rings. The van der Waals surface area contributed by atoms with Crippen molar-refractivity contribution in [3.63, 3.8) is 0 Å². The molecule has 0 aliphatic carbocycles. The van der Waals surface area contributed by atoms with Crippen molar-refractivity contribution in [1.29, 1.82) is 0 Å². The lowest BCUT2D eigenvalue weighted by molar-refractivity contribution is 0.643. The normalized spacial score (nSPS) is 11.6. The van der Waals surface area contributed by atoms with Gasteiger partial charge in [-0.2, -0.15) is 5.10 Å². The molecule has 3 aromatic heterocycles. The van der Waals surface area contributed by atoms with E-state index in [-0.39, 0.29) is 5.56 Å². The number of hydrogen-bond donors (Lipinski definition) is 1. The highest BCUT2D eigenvalue weighted by Crippen LogP contribution is 2.30. The van der Waals surface area contributed by atoms with E-state index in [9.17, 15) is 4.79 Å². The number of thiazole rings is 1. The van der Waals surface area contributed by atoms with E-state index in [1.54, 1.807) is 17.5 Å². The molecule has 0 aliphatic heterocycles. The van der Waals surface area contributed by atoms with Crippen LogP contribution in [0.5, 0.6) is 0 Å². The summed E-state index contributed by atoms with van der Waals surface area (Å²) in [6.45, 7) is 2.87. The van der Waals surface area contributed by atoms with Crippen LogP contribution in [-0.2, 0) is 20.1 Å². The first kappa shape index (κ1) is 15.0. The van der Waals surface area contributed by atoms with Crippen LogP contribution < -0.4 is 11.3 Å². The molecule has 0 amide bonds. The van der Waals surface area contributed by atoms with E-state index >= 15 is 0 Å². The van der Waals surface area contributed by atoms with Crippen LogP contribution in [0.4, 0.5) is 0 Å². The summed E-state index contributed by atoms with van der Waals surface area (Å²) in [5.74, 6) is 0. The maximum Gasteiger partial charge on any atom is 0.291 e. The quantitative estimate of drug-likeness (QED) is 0.620. The topological polar surface area (TPSA) is 78.7 Å². The van der Waals surface area contributed by atoms with Gasteiger partial charge in [-0.1, -0.05) is 24.3 Å². The highest BCUT2D eigenvalue weighted by Gasteiger charge is 2.17. The highest BCUT2D eigenvalue weighted by molar-refractivity contribution is 7.19. The maximum atomic E-state index is 12.9. The van der Waals surface area contributed by atoms with Crippen LogP contribution in [-0.4, -0.2) is 19.3 Å². The van der Waals surface area contributed by atoms with Gasteiger partial charge in [-0.3, -0.25) is 4.79 Å². The second-order valence-electron chi connectivity index (χ2n) is 5.84. The zero-order valence-corrected chi connectivity index (χ0v) is 14.3. The summed E-state index contributed by atoms with van der Waals surface area (Å²) in [5.41, 5.74) is 9.13. The molecule has 0 atom stereocenters. The van der Waals surface area contributed by atoms with Gasteiger partial charge in [0.05, 0.1) is 22.4 Å². The number of hydrogen-bond acceptors (Lipinski definition) is 5. The molecule has 2 N–H and O–H groups in total. The van der Waals surface area contributed by atoms with Gasteiger partial charge in [0, 0.05) is 19.0 Å². The molecule has 0 saturated carbocycles. The number of rotatable bonds is 3. The standard InChI is InChI=1S/C17H17N5OS/c1-10-20-16-15(24-10)13-8-19-22(17(23)14(13)21(16)2)9-12-5-3-4-11(6-12)7-18/h3-6,8H,7,9,18H2,1-2H3. The molecule has 4 aromatic rings. The van der Waals surface area contributed by atoms with Gasteiger partial charge in [0.2, 0.25) is 0 Å². The van der Waals surface area contributed by atoms with Crippen molar-refractivity contribution in [2.24, 2.45) is 12.8 Å². The number of fused-ring (bicyclic) bond motifs is 3. The van der Waals surface area contributed by atoms with Crippen molar-refractivity contribution in [2.75, 3.05) is 0 Å². The summed E-state index contributed by atoms with van der Waals surface area (Å²) in [4.78, 5) is 17.4. The molecular formula is C17H17N5OS. The fourth-order valence-corrected chi connectivity index (χ4v) is 3.99. The van der Waals surface area contributed by atoms with Crippen molar-refractivity contribution in [2.45, 2.75) is 20.0 Å². The Balaban J connectivity index is 1.86. The predicted molar refractivity (Wildman–Crippen MR) is 96.3 cm³/mol. The summed E-state index contributed by atoms with van der Waals surface area (Å²) < 4.78 is 4.38. The molecule has 122 valence electrons. The lowest BCUT2D eigenvalue weighted by Gasteiger charge is -2.07. The van der Waals surface area contributed by atoms with Crippen LogP contribution in [0.3, 0.4) is 0 Å². The van der Waals surface area contributed by atoms with Gasteiger partial charge < -0.3 is 10.3 Å². The summed E-state index contributed by atoms with van der Waals surface area (Å²) in [7, 11) is 1.88. The van der Waals surface area contributed by atoms with Crippen LogP contribution >= 0.6 is 11.3 Å². The smallest absolute Gasteiger partial charge is 0.291 e. The third-order valence-electron chi connectivity index (χ3n) is 4.19. The first-order valence-corrected chi connectivity index (χ1v) is 8.49. The Morgan fingerprint density at radius 3 is 2.88 bits per heavy atom. The Kier molecular flexibility index (Phi) is 3.47. The number of benzene rings is 1. The van der Waals surface area contributed by atoms with E-state index in [0.717, 1.165) is 31.9 Å². The molecule has 0 radical (unpaired) electrons. The van der Waals surface area contributed by atoms with E-state index in [1.807, 2.05) is 42.8 Å². The van der Waals surface area contributed by atoms with Gasteiger partial charge in [-0.25, -0.2) is 9.67 Å². The van der Waals surface area contributed by atoms with Gasteiger partial charge >= 0.3 is 0 Å². The van der Waals surface area contributed by atoms with Gasteiger partial charge in [-0.15, -0.1) is 11.3 Å². The number of nitrogens with two attached hydrogens (primary N) is 1. The second kappa shape index (κ2) is 5.54. The molecule has 0 spiro atoms. The lowest BCUT2D eigenvalue weighted by atomic mass is 10.1. The molecular weight excluding hydrogens is 322 g/mol. The fraction of sp³-hybridized carbons (Fsp3) is 0.235. The molecule has 0 saturated heterocycles. The average molecular weight is 339 g/mol. The summed E-state index contributed by atoms with van der Waals surface area (Å²) in [5, 5.41) is 6.23. The maximum absolute atomic E-state index is 12.9. The summed E-state index contributed by atoms with van der Waals surface area (Å²) >= 11 is 1.59. The molecule has 1 aromatic carbocycles. The Morgan fingerprint density at radius 1 is 1.29 bits per heavy atom. The number of aryl methyl sites for hydroxylation is 2. The van der Waals surface area contributed by atoms with Gasteiger partial charge in [0.1, 0.15) is 5.52 Å². The minimum atomic E-state index is -0.101. The fourth-order valence-electron chi connectivity index (χ4n) is 3.03. The average Bonchev–Trinajstić information content (AvgIpc) is 3.08. The third kappa shape index (κ3) is 2.24. The first-order chi connectivity index (χ1) is 11.6. The summed E-state index contributed by atoms with van der Waals surface area (Å²) in [6, 6.07) is 7.91. The van der Waals surface area contributed by atoms with Crippen LogP contribution in [0, 0.1) is 6.92 Å². The molecule has 0 bridgehead atoms. The van der Waals surface area contributed by atoms with E-state index in [4.69, 9.17) is 5.73 Å². The molecule has 7 heteroatoms. The Hall–Kier alpha value is -2.51. The molecule has 24 heavy (non-hydrogen) atoms. The van der Waals surface area contributed by atoms with Crippen LogP contribution in [0.15, 0.2) is 35.3 Å². The van der Waals surface area contributed by atoms with Crippen molar-refractivity contribution < 1.29 is 0 Å². The van der Waals surface area contributed by atoms with Crippen LogP contribution in [0.25, 0.3) is 21.3 Å². The zero-order valence-electron chi connectivity index (χ0n) is 13.5. The number of nitrogens with zero attached hydrogens (tertiary/aromatic N) is 4. The monoisotopic (exact) mass is 339 g/mol. The van der Waals surface area contributed by atoms with Gasteiger partial charge in [0.15, 0.2) is 5.65 Å². The number of aromatic nitrogens is 4. The Labute approximate surface area is 142 Å². The molecule has 0 unspecified atom stereocenters. The van der Waals surface area contributed by atoms with Gasteiger partial charge in [0.25, 0.3) is 5.56 Å². The molecule has 6 nitrogen and oxygen atoms in total. The van der Waals surface area contributed by atoms with Crippen molar-refractivity contribution in [1.82, 2.24) is 19.3 Å². The molecule has 3 heterocycles. The molecule has 4 rings (SSSR count). The van der Waals surface area contributed by atoms with Gasteiger partial charge in [-0.05, 0) is 18.1 Å². The second-order valence-corrected chi connectivity index (χ2v) is 7.04. The lowest BCUT2D eigenvalue weighted by Crippen LogP contribution is -2.24. The van der Waals surface area contributed by atoms with E-state index in [0.29, 0.717) is 18.6 Å². The predicted octanol–water partition coefficient (Wildman–Crippen LogP) is 2.16. The minimum absolute atomic E-state index is 0.101. The van der Waals surface area contributed by atoms with Crippen LogP contribution in [0.1, 0.15) is 16.1 Å². The Bertz CT molecular complexity index is 1120. The summed E-state index contributed by atoms with van der Waals surface area (Å²) in [6.07, 6.45) is 1.77. The van der Waals surface area contributed by atoms with E-state index in [1.165, 1.54) is 4.68 Å². The van der Waals surface area contributed by atoms with Crippen molar-refractivity contribution in [3.8, 4) is 0 Å². The van der Waals surface area contributed by atoms with Crippen molar-refractivity contribution >= 4 is 32.6 Å². The third-order valence-corrected chi connectivity index (χ3v) is 5.19. The van der Waals surface area contributed by atoms with Crippen molar-refractivity contribution in [3.05, 3.63) is 57.0 Å².